The molecule has 0 spiro atoms. The zero-order valence-electron chi connectivity index (χ0n) is 30.3. The lowest BCUT2D eigenvalue weighted by atomic mass is 9.34. The number of ether oxygens (including phenoxy) is 3. The first-order valence-corrected chi connectivity index (χ1v) is 18.6. The topological polar surface area (TPSA) is 161 Å². The third kappa shape index (κ3) is 4.72. The van der Waals surface area contributed by atoms with Crippen molar-refractivity contribution in [3.8, 4) is 0 Å². The number of carbonyl (C=O) groups is 1. The zero-order valence-corrected chi connectivity index (χ0v) is 30.3. The molecule has 268 valence electrons. The van der Waals surface area contributed by atoms with Crippen LogP contribution in [0.4, 0.5) is 5.95 Å². The molecule has 3 saturated carbocycles. The Morgan fingerprint density at radius 3 is 2.44 bits per heavy atom. The lowest BCUT2D eigenvalue weighted by Crippen LogP contribution is -2.69. The molecule has 6 aliphatic rings. The third-order valence-electron chi connectivity index (χ3n) is 15.9. The summed E-state index contributed by atoms with van der Waals surface area (Å²) in [5.41, 5.74) is 12.6. The maximum absolute atomic E-state index is 13.4. The van der Waals surface area contributed by atoms with Crippen molar-refractivity contribution in [2.45, 2.75) is 118 Å². The Kier molecular flexibility index (Phi) is 8.21. The van der Waals surface area contributed by atoms with Crippen LogP contribution in [0.25, 0.3) is 0 Å². The summed E-state index contributed by atoms with van der Waals surface area (Å²) >= 11 is 0. The number of rotatable bonds is 7. The predicted octanol–water partition coefficient (Wildman–Crippen LogP) is 5.28. The summed E-state index contributed by atoms with van der Waals surface area (Å²) in [7, 11) is 0. The summed E-state index contributed by atoms with van der Waals surface area (Å²) in [6.45, 7) is 19.1. The number of aromatic nitrogens is 4. The second-order valence-electron chi connectivity index (χ2n) is 18.3. The van der Waals surface area contributed by atoms with E-state index in [1.807, 2.05) is 0 Å². The molecule has 1 aromatic heterocycles. The fourth-order valence-electron chi connectivity index (χ4n) is 12.7. The van der Waals surface area contributed by atoms with Crippen LogP contribution in [0.1, 0.15) is 106 Å². The molecule has 5 N–H and O–H groups in total. The van der Waals surface area contributed by atoms with Gasteiger partial charge < -0.3 is 30.8 Å². The van der Waals surface area contributed by atoms with Gasteiger partial charge in [0, 0.05) is 29.6 Å². The molecule has 11 nitrogen and oxygen atoms in total. The first-order valence-electron chi connectivity index (χ1n) is 18.6. The van der Waals surface area contributed by atoms with E-state index in [1.165, 1.54) is 5.57 Å². The van der Waals surface area contributed by atoms with Crippen LogP contribution in [0, 0.1) is 56.7 Å². The lowest BCUT2D eigenvalue weighted by Gasteiger charge is -2.71. The van der Waals surface area contributed by atoms with Crippen LogP contribution < -0.4 is 11.5 Å². The van der Waals surface area contributed by atoms with Gasteiger partial charge in [0.05, 0.1) is 31.8 Å². The number of nitrogens with two attached hydrogens (primary N) is 2. The van der Waals surface area contributed by atoms with Crippen LogP contribution >= 0.6 is 0 Å². The minimum Gasteiger partial charge on any atom is -0.481 e. The fourth-order valence-corrected chi connectivity index (χ4v) is 12.7. The molecule has 2 aliphatic heterocycles. The van der Waals surface area contributed by atoms with E-state index >= 15 is 0 Å². The van der Waals surface area contributed by atoms with Crippen molar-refractivity contribution in [2.24, 2.45) is 62.4 Å². The molecule has 1 aromatic rings. The van der Waals surface area contributed by atoms with E-state index in [0.29, 0.717) is 50.8 Å². The molecule has 2 saturated heterocycles. The molecule has 11 atom stereocenters. The van der Waals surface area contributed by atoms with Gasteiger partial charge in [0.2, 0.25) is 0 Å². The van der Waals surface area contributed by atoms with Crippen molar-refractivity contribution in [1.82, 2.24) is 20.2 Å². The fraction of sp³-hybridized carbons (Fsp3) is 0.892. The molecule has 3 heterocycles. The Morgan fingerprint density at radius 1 is 1.06 bits per heavy atom. The molecule has 2 bridgehead atoms. The van der Waals surface area contributed by atoms with E-state index < -0.39 is 17.4 Å². The summed E-state index contributed by atoms with van der Waals surface area (Å²) in [4.78, 5) is 15.1. The smallest absolute Gasteiger partial charge is 0.307 e. The van der Waals surface area contributed by atoms with Gasteiger partial charge in [-0.25, -0.2) is 0 Å². The molecule has 11 heteroatoms. The molecule has 5 fully saturated rings. The van der Waals surface area contributed by atoms with Crippen molar-refractivity contribution in [3.63, 3.8) is 0 Å². The lowest BCUT2D eigenvalue weighted by molar-refractivity contribution is -0.254. The maximum atomic E-state index is 13.4. The number of tetrazole rings is 1. The van der Waals surface area contributed by atoms with E-state index in [0.717, 1.165) is 51.4 Å². The second-order valence-corrected chi connectivity index (χ2v) is 18.3. The van der Waals surface area contributed by atoms with Crippen LogP contribution in [-0.2, 0) is 19.0 Å². The van der Waals surface area contributed by atoms with Gasteiger partial charge in [-0.15, -0.1) is 5.10 Å². The van der Waals surface area contributed by atoms with Crippen LogP contribution in [-0.4, -0.2) is 76.0 Å². The van der Waals surface area contributed by atoms with Crippen LogP contribution in [0.5, 0.6) is 0 Å². The monoisotopic (exact) mass is 668 g/mol. The zero-order chi connectivity index (χ0) is 34.5. The van der Waals surface area contributed by atoms with Gasteiger partial charge in [-0.2, -0.15) is 4.80 Å². The van der Waals surface area contributed by atoms with Gasteiger partial charge in [0.15, 0.2) is 0 Å². The number of carboxylic acids is 1. The number of aliphatic carboxylic acids is 1. The summed E-state index contributed by atoms with van der Waals surface area (Å²) in [6.07, 6.45) is 9.33. The van der Waals surface area contributed by atoms with Gasteiger partial charge in [0.1, 0.15) is 6.04 Å². The van der Waals surface area contributed by atoms with Gasteiger partial charge in [0.25, 0.3) is 5.95 Å². The molecule has 0 radical (unpaired) electrons. The quantitative estimate of drug-likeness (QED) is 0.326. The highest BCUT2D eigenvalue weighted by molar-refractivity contribution is 5.73. The molecule has 4 aliphatic carbocycles. The number of hydrogen-bond acceptors (Lipinski definition) is 9. The Labute approximate surface area is 286 Å². The number of nitrogens with zero attached hydrogens (tertiary/aromatic N) is 4. The summed E-state index contributed by atoms with van der Waals surface area (Å²) in [5, 5.41) is 24.2. The van der Waals surface area contributed by atoms with E-state index in [9.17, 15) is 9.90 Å². The van der Waals surface area contributed by atoms with Gasteiger partial charge in [-0.1, -0.05) is 65.2 Å². The second kappa shape index (κ2) is 11.5. The van der Waals surface area contributed by atoms with Crippen LogP contribution in [0.3, 0.4) is 0 Å². The van der Waals surface area contributed by atoms with Crippen molar-refractivity contribution in [2.75, 3.05) is 38.8 Å². The molecule has 48 heavy (non-hydrogen) atoms. The Balaban J connectivity index is 1.29. The third-order valence-corrected chi connectivity index (χ3v) is 15.9. The molecule has 7 rings (SSSR count). The van der Waals surface area contributed by atoms with Gasteiger partial charge >= 0.3 is 5.97 Å². The van der Waals surface area contributed by atoms with Crippen LogP contribution in [0.2, 0.25) is 0 Å². The van der Waals surface area contributed by atoms with E-state index in [2.05, 4.69) is 70.0 Å². The van der Waals surface area contributed by atoms with Crippen molar-refractivity contribution >= 4 is 11.9 Å². The van der Waals surface area contributed by atoms with Gasteiger partial charge in [-0.3, -0.25) is 4.79 Å². The first kappa shape index (κ1) is 34.4. The predicted molar refractivity (Wildman–Crippen MR) is 182 cm³/mol. The minimum absolute atomic E-state index is 0.155. The highest BCUT2D eigenvalue weighted by atomic mass is 16.5. The molecule has 0 amide bonds. The minimum atomic E-state index is -0.634. The van der Waals surface area contributed by atoms with Crippen molar-refractivity contribution in [3.05, 3.63) is 11.6 Å². The summed E-state index contributed by atoms with van der Waals surface area (Å²) in [6, 6.07) is -0.197. The van der Waals surface area contributed by atoms with E-state index in [4.69, 9.17) is 25.7 Å². The number of carboxylic acid groups (broad SMARTS) is 1. The normalized spacial score (nSPS) is 45.8. The van der Waals surface area contributed by atoms with Gasteiger partial charge in [-0.05, 0) is 96.5 Å². The molecule has 0 aromatic carbocycles. The molecular formula is C37H60N6O5. The first-order chi connectivity index (χ1) is 22.5. The van der Waals surface area contributed by atoms with Crippen molar-refractivity contribution in [1.29, 1.82) is 0 Å². The number of nitrogen functional groups attached to an aromatic ring is 1. The highest BCUT2D eigenvalue weighted by Gasteiger charge is 2.72. The summed E-state index contributed by atoms with van der Waals surface area (Å²) < 4.78 is 19.3. The van der Waals surface area contributed by atoms with E-state index in [-0.39, 0.29) is 51.1 Å². The average Bonchev–Trinajstić information content (AvgIpc) is 3.46. The maximum Gasteiger partial charge on any atom is 0.307 e. The van der Waals surface area contributed by atoms with Crippen molar-refractivity contribution < 1.29 is 24.1 Å². The Morgan fingerprint density at radius 2 is 1.79 bits per heavy atom. The van der Waals surface area contributed by atoms with Crippen LogP contribution in [0.15, 0.2) is 11.6 Å². The average molecular weight is 669 g/mol. The SMILES string of the molecule is CC(C)[C@@H](C)[C@@]1(C)CC[C@]2(C)[C@H]3CC[C@@H]4[C@@]5(COC[C@@]4(C)[C@@H](OCC4(N)CCOCC4)[C@H](n4nnc(N)n4)C5)C3=CC[C@@]2(C)[C@@H]1C(=O)O. The molecular weight excluding hydrogens is 608 g/mol. The Bertz CT molecular complexity index is 1440. The molecule has 0 unspecified atom stereocenters. The Hall–Kier alpha value is -2.08. The standard InChI is InChI=1S/C37H60N6O5/c1-22(2)23(3)32(4)12-13-34(6)24-8-9-27-33(5)19-47-21-37(27,25(24)10-11-35(34,7)28(32)30(44)45)18-26(43-41-31(38)40-42-43)29(33)48-20-36(39)14-16-46-17-15-36/h10,22-24,26-29H,8-9,11-21,39H2,1-7H3,(H2,38,41)(H,44,45)/t23-,24+,26-,27+,28-,29+,32-,33-,34-,35+,37+/m1/s1. The number of hydrogen-bond donors (Lipinski definition) is 3. The highest BCUT2D eigenvalue weighted by Crippen LogP contribution is 2.75. The van der Waals surface area contributed by atoms with E-state index in [1.54, 1.807) is 4.80 Å². The largest absolute Gasteiger partial charge is 0.481 e. The number of fused-ring (bicyclic) bond motifs is 3. The number of allylic oxidation sites excluding steroid dienone is 1. The number of anilines is 1. The summed E-state index contributed by atoms with van der Waals surface area (Å²) in [5.74, 6) is 0.438.